The maximum absolute atomic E-state index is 13.0. The molecule has 5 heteroatoms. The number of hydrogen-bond donors (Lipinski definition) is 2. The topological polar surface area (TPSA) is 58.4 Å². The normalized spacial score (nSPS) is 29.1. The van der Waals surface area contributed by atoms with Crippen molar-refractivity contribution in [1.82, 2.24) is 10.2 Å². The van der Waals surface area contributed by atoms with E-state index in [1.54, 1.807) is 12.1 Å². The number of halogens is 1. The molecule has 2 fully saturated rings. The van der Waals surface area contributed by atoms with Gasteiger partial charge in [0.2, 0.25) is 5.91 Å². The van der Waals surface area contributed by atoms with Gasteiger partial charge >= 0.3 is 0 Å². The van der Waals surface area contributed by atoms with Gasteiger partial charge < -0.3 is 11.1 Å². The highest BCUT2D eigenvalue weighted by molar-refractivity contribution is 5.78. The third kappa shape index (κ3) is 3.90. The van der Waals surface area contributed by atoms with Crippen LogP contribution in [0.1, 0.15) is 37.8 Å². The van der Waals surface area contributed by atoms with Gasteiger partial charge in [-0.2, -0.15) is 0 Å². The summed E-state index contributed by atoms with van der Waals surface area (Å²) in [4.78, 5) is 14.5. The number of benzene rings is 1. The first-order chi connectivity index (χ1) is 11.0. The van der Waals surface area contributed by atoms with Crippen LogP contribution in [0.3, 0.4) is 0 Å². The molecule has 3 rings (SSSR count). The van der Waals surface area contributed by atoms with E-state index in [0.717, 1.165) is 25.1 Å². The second-order valence-electron chi connectivity index (χ2n) is 7.05. The highest BCUT2D eigenvalue weighted by Crippen LogP contribution is 2.35. The third-order valence-corrected chi connectivity index (χ3v) is 5.34. The highest BCUT2D eigenvalue weighted by Gasteiger charge is 2.39. The molecule has 3 N–H and O–H groups in total. The second-order valence-corrected chi connectivity index (χ2v) is 7.05. The zero-order valence-corrected chi connectivity index (χ0v) is 13.7. The van der Waals surface area contributed by atoms with Crippen LogP contribution in [-0.2, 0) is 4.79 Å². The van der Waals surface area contributed by atoms with E-state index < -0.39 is 0 Å². The van der Waals surface area contributed by atoms with Crippen LogP contribution in [0.5, 0.6) is 0 Å². The predicted octanol–water partition coefficient (Wildman–Crippen LogP) is 2.06. The van der Waals surface area contributed by atoms with Gasteiger partial charge in [-0.1, -0.05) is 18.6 Å². The van der Waals surface area contributed by atoms with E-state index >= 15 is 0 Å². The van der Waals surface area contributed by atoms with Crippen molar-refractivity contribution >= 4 is 5.91 Å². The van der Waals surface area contributed by atoms with Crippen LogP contribution < -0.4 is 11.1 Å². The summed E-state index contributed by atoms with van der Waals surface area (Å²) in [6.45, 7) is 4.26. The molecule has 1 aromatic carbocycles. The number of likely N-dealkylation sites (tertiary alicyclic amines) is 1. The van der Waals surface area contributed by atoms with Crippen LogP contribution in [0.15, 0.2) is 24.3 Å². The van der Waals surface area contributed by atoms with Crippen molar-refractivity contribution in [3.05, 3.63) is 35.6 Å². The molecule has 126 valence electrons. The number of carbonyl (C=O) groups excluding carboxylic acids is 1. The molecule has 1 aliphatic heterocycles. The Morgan fingerprint density at radius 3 is 2.78 bits per heavy atom. The molecule has 1 aliphatic carbocycles. The van der Waals surface area contributed by atoms with Gasteiger partial charge in [0.25, 0.3) is 0 Å². The summed E-state index contributed by atoms with van der Waals surface area (Å²) in [5.41, 5.74) is 7.14. The first-order valence-corrected chi connectivity index (χ1v) is 8.55. The van der Waals surface area contributed by atoms with E-state index in [1.165, 1.54) is 25.0 Å². The summed E-state index contributed by atoms with van der Waals surface area (Å²) in [6.07, 6.45) is 3.56. The molecule has 23 heavy (non-hydrogen) atoms. The van der Waals surface area contributed by atoms with Crippen molar-refractivity contribution in [1.29, 1.82) is 0 Å². The molecule has 1 aromatic rings. The van der Waals surface area contributed by atoms with E-state index in [4.69, 9.17) is 5.73 Å². The molecule has 2 aliphatic rings. The first-order valence-electron chi connectivity index (χ1n) is 8.55. The van der Waals surface area contributed by atoms with E-state index in [9.17, 15) is 9.18 Å². The lowest BCUT2D eigenvalue weighted by molar-refractivity contribution is -0.122. The van der Waals surface area contributed by atoms with Crippen molar-refractivity contribution in [3.63, 3.8) is 0 Å². The number of nitrogens with one attached hydrogen (secondary N) is 1. The lowest BCUT2D eigenvalue weighted by Gasteiger charge is -2.29. The zero-order valence-electron chi connectivity index (χ0n) is 13.7. The fraction of sp³-hybridized carbons (Fsp3) is 0.611. The molecule has 1 saturated carbocycles. The Kier molecular flexibility index (Phi) is 4.97. The summed E-state index contributed by atoms with van der Waals surface area (Å²) in [5.74, 6) is 0.962. The molecular weight excluding hydrogens is 293 g/mol. The average molecular weight is 319 g/mol. The minimum Gasteiger partial charge on any atom is -0.348 e. The summed E-state index contributed by atoms with van der Waals surface area (Å²) >= 11 is 0. The molecule has 1 heterocycles. The van der Waals surface area contributed by atoms with E-state index in [1.807, 2.05) is 6.92 Å². The van der Waals surface area contributed by atoms with Gasteiger partial charge in [-0.3, -0.25) is 9.69 Å². The zero-order chi connectivity index (χ0) is 16.4. The first kappa shape index (κ1) is 16.4. The van der Waals surface area contributed by atoms with Crippen molar-refractivity contribution in [2.45, 2.75) is 38.3 Å². The van der Waals surface area contributed by atoms with Gasteiger partial charge in [-0.15, -0.1) is 0 Å². The lowest BCUT2D eigenvalue weighted by atomic mass is 9.78. The Labute approximate surface area is 137 Å². The minimum atomic E-state index is -0.261. The van der Waals surface area contributed by atoms with Crippen molar-refractivity contribution < 1.29 is 9.18 Å². The largest absolute Gasteiger partial charge is 0.348 e. The number of carbonyl (C=O) groups is 1. The van der Waals surface area contributed by atoms with Gasteiger partial charge in [0, 0.05) is 19.1 Å². The summed E-state index contributed by atoms with van der Waals surface area (Å²) in [5, 5.41) is 3.00. The average Bonchev–Trinajstić information content (AvgIpc) is 2.91. The Bertz CT molecular complexity index is 548. The van der Waals surface area contributed by atoms with Crippen molar-refractivity contribution in [3.8, 4) is 0 Å². The Morgan fingerprint density at radius 1 is 1.35 bits per heavy atom. The fourth-order valence-corrected chi connectivity index (χ4v) is 4.06. The van der Waals surface area contributed by atoms with Gasteiger partial charge in [0.15, 0.2) is 0 Å². The highest BCUT2D eigenvalue weighted by atomic mass is 19.1. The molecule has 0 aromatic heterocycles. The van der Waals surface area contributed by atoms with Crippen LogP contribution in [0, 0.1) is 17.7 Å². The standard InChI is InChI=1S/C18H26FN3O/c1-12(13-5-7-15(19)8-6-13)21-18(23)11-22-9-14-3-2-4-17(20)16(14)10-22/h5-8,12,14,16-17H,2-4,9-11,20H2,1H3,(H,21,23). The number of nitrogens with zero attached hydrogens (tertiary/aromatic N) is 1. The molecule has 0 bridgehead atoms. The summed E-state index contributed by atoms with van der Waals surface area (Å²) < 4.78 is 13.0. The molecule has 1 saturated heterocycles. The minimum absolute atomic E-state index is 0.0223. The molecule has 4 unspecified atom stereocenters. The van der Waals surface area contributed by atoms with Crippen LogP contribution >= 0.6 is 0 Å². The third-order valence-electron chi connectivity index (χ3n) is 5.34. The van der Waals surface area contributed by atoms with Crippen molar-refractivity contribution in [2.75, 3.05) is 19.6 Å². The fourth-order valence-electron chi connectivity index (χ4n) is 4.06. The number of amides is 1. The van der Waals surface area contributed by atoms with E-state index in [-0.39, 0.29) is 17.8 Å². The van der Waals surface area contributed by atoms with Gasteiger partial charge in [0.05, 0.1) is 12.6 Å². The molecule has 0 spiro atoms. The smallest absolute Gasteiger partial charge is 0.234 e. The van der Waals surface area contributed by atoms with Crippen LogP contribution in [0.4, 0.5) is 4.39 Å². The number of fused-ring (bicyclic) bond motifs is 1. The number of nitrogens with two attached hydrogens (primary N) is 1. The van der Waals surface area contributed by atoms with Gasteiger partial charge in [-0.25, -0.2) is 4.39 Å². The molecule has 1 amide bonds. The van der Waals surface area contributed by atoms with Gasteiger partial charge in [-0.05, 0) is 49.3 Å². The Hall–Kier alpha value is -1.46. The van der Waals surface area contributed by atoms with Crippen LogP contribution in [0.2, 0.25) is 0 Å². The van der Waals surface area contributed by atoms with Crippen LogP contribution in [-0.4, -0.2) is 36.5 Å². The lowest BCUT2D eigenvalue weighted by Crippen LogP contribution is -2.39. The maximum Gasteiger partial charge on any atom is 0.234 e. The quantitative estimate of drug-likeness (QED) is 0.893. The van der Waals surface area contributed by atoms with E-state index in [0.29, 0.717) is 24.4 Å². The molecule has 0 radical (unpaired) electrons. The summed E-state index contributed by atoms with van der Waals surface area (Å²) in [7, 11) is 0. The molecule has 4 nitrogen and oxygen atoms in total. The molecular formula is C18H26FN3O. The summed E-state index contributed by atoms with van der Waals surface area (Å²) in [6, 6.07) is 6.44. The SMILES string of the molecule is CC(NC(=O)CN1CC2CCCC(N)C2C1)c1ccc(F)cc1. The number of hydrogen-bond acceptors (Lipinski definition) is 3. The second kappa shape index (κ2) is 6.97. The monoisotopic (exact) mass is 319 g/mol. The number of rotatable bonds is 4. The van der Waals surface area contributed by atoms with Crippen LogP contribution in [0.25, 0.3) is 0 Å². The van der Waals surface area contributed by atoms with Gasteiger partial charge in [0.1, 0.15) is 5.82 Å². The maximum atomic E-state index is 13.0. The van der Waals surface area contributed by atoms with Crippen molar-refractivity contribution in [2.24, 2.45) is 17.6 Å². The molecule has 4 atom stereocenters. The Balaban J connectivity index is 1.50. The van der Waals surface area contributed by atoms with E-state index in [2.05, 4.69) is 10.2 Å². The Morgan fingerprint density at radius 2 is 2.09 bits per heavy atom. The predicted molar refractivity (Wildman–Crippen MR) is 88.2 cm³/mol.